The summed E-state index contributed by atoms with van der Waals surface area (Å²) in [6, 6.07) is 12.4. The average Bonchev–Trinajstić information content (AvgIpc) is 2.94. The van der Waals surface area contributed by atoms with Crippen LogP contribution >= 0.6 is 0 Å². The standard InChI is InChI=1S/C24H25N3O2/c1-17-16-27(13-5-8-21(17)19-6-3-2-4-7-19)23(29)12-9-18-14-20-10-11-22(28)26-24(20)25-15-18/h2-4,6-7,9,12,14-15H,5,8,10-11,13,16H2,1H3,(H,25,26,28)/b12-9+. The van der Waals surface area contributed by atoms with E-state index in [4.69, 9.17) is 0 Å². The van der Waals surface area contributed by atoms with Crippen LogP contribution < -0.4 is 5.32 Å². The molecule has 2 aliphatic heterocycles. The van der Waals surface area contributed by atoms with Crippen molar-refractivity contribution in [3.05, 3.63) is 70.9 Å². The van der Waals surface area contributed by atoms with Crippen LogP contribution in [0.1, 0.15) is 42.9 Å². The number of fused-ring (bicyclic) bond motifs is 1. The maximum Gasteiger partial charge on any atom is 0.246 e. The number of nitrogens with one attached hydrogen (secondary N) is 1. The zero-order valence-electron chi connectivity index (χ0n) is 16.6. The Bertz CT molecular complexity index is 992. The molecule has 2 aromatic rings. The monoisotopic (exact) mass is 387 g/mol. The number of benzene rings is 1. The van der Waals surface area contributed by atoms with E-state index < -0.39 is 0 Å². The van der Waals surface area contributed by atoms with E-state index in [1.807, 2.05) is 23.1 Å². The highest BCUT2D eigenvalue weighted by molar-refractivity contribution is 5.94. The minimum Gasteiger partial charge on any atom is -0.335 e. The molecule has 0 radical (unpaired) electrons. The molecule has 0 unspecified atom stereocenters. The van der Waals surface area contributed by atoms with E-state index in [2.05, 4.69) is 41.5 Å². The Hall–Kier alpha value is -3.21. The number of aryl methyl sites for hydroxylation is 1. The summed E-state index contributed by atoms with van der Waals surface area (Å²) in [6.07, 6.45) is 8.24. The zero-order valence-corrected chi connectivity index (χ0v) is 16.6. The number of rotatable bonds is 3. The summed E-state index contributed by atoms with van der Waals surface area (Å²) < 4.78 is 0. The third kappa shape index (κ3) is 4.45. The van der Waals surface area contributed by atoms with Crippen molar-refractivity contribution in [1.29, 1.82) is 0 Å². The predicted octanol–water partition coefficient (Wildman–Crippen LogP) is 4.08. The number of hydrogen-bond donors (Lipinski definition) is 1. The van der Waals surface area contributed by atoms with Crippen molar-refractivity contribution >= 4 is 29.3 Å². The number of allylic oxidation sites excluding steroid dienone is 1. The van der Waals surface area contributed by atoms with E-state index >= 15 is 0 Å². The van der Waals surface area contributed by atoms with Gasteiger partial charge in [-0.1, -0.05) is 35.9 Å². The summed E-state index contributed by atoms with van der Waals surface area (Å²) in [5.74, 6) is 0.652. The van der Waals surface area contributed by atoms with Gasteiger partial charge in [-0.15, -0.1) is 0 Å². The lowest BCUT2D eigenvalue weighted by atomic mass is 9.97. The molecule has 148 valence electrons. The Kier molecular flexibility index (Phi) is 5.56. The molecule has 5 heteroatoms. The van der Waals surface area contributed by atoms with E-state index in [-0.39, 0.29) is 11.8 Å². The number of amides is 2. The fourth-order valence-electron chi connectivity index (χ4n) is 3.98. The molecular weight excluding hydrogens is 362 g/mol. The molecule has 5 nitrogen and oxygen atoms in total. The van der Waals surface area contributed by atoms with Gasteiger partial charge in [0.25, 0.3) is 0 Å². The SMILES string of the molecule is CC1=C(c2ccccc2)CCCN(C(=O)/C=C/c2cnc3c(c2)CCC(=O)N3)C1. The van der Waals surface area contributed by atoms with Gasteiger partial charge in [0.05, 0.1) is 0 Å². The lowest BCUT2D eigenvalue weighted by Gasteiger charge is -2.19. The number of carbonyl (C=O) groups is 2. The molecule has 4 rings (SSSR count). The van der Waals surface area contributed by atoms with Crippen molar-refractivity contribution in [2.24, 2.45) is 0 Å². The van der Waals surface area contributed by atoms with Gasteiger partial charge in [0.15, 0.2) is 0 Å². The molecule has 1 N–H and O–H groups in total. The fraction of sp³-hybridized carbons (Fsp3) is 0.292. The smallest absolute Gasteiger partial charge is 0.246 e. The Morgan fingerprint density at radius 3 is 2.83 bits per heavy atom. The van der Waals surface area contributed by atoms with E-state index in [1.165, 1.54) is 16.7 Å². The van der Waals surface area contributed by atoms with Gasteiger partial charge in [0.2, 0.25) is 11.8 Å². The fourth-order valence-corrected chi connectivity index (χ4v) is 3.98. The Morgan fingerprint density at radius 2 is 2.00 bits per heavy atom. The van der Waals surface area contributed by atoms with Gasteiger partial charge in [0.1, 0.15) is 5.82 Å². The van der Waals surface area contributed by atoms with Crippen LogP contribution in [0.15, 0.2) is 54.2 Å². The molecule has 0 bridgehead atoms. The van der Waals surface area contributed by atoms with Crippen LogP contribution in [0.2, 0.25) is 0 Å². The van der Waals surface area contributed by atoms with Gasteiger partial charge in [-0.3, -0.25) is 9.59 Å². The van der Waals surface area contributed by atoms with E-state index in [9.17, 15) is 9.59 Å². The van der Waals surface area contributed by atoms with Crippen LogP contribution in [0.25, 0.3) is 11.6 Å². The van der Waals surface area contributed by atoms with Crippen LogP contribution in [0, 0.1) is 0 Å². The summed E-state index contributed by atoms with van der Waals surface area (Å²) in [5.41, 5.74) is 5.75. The van der Waals surface area contributed by atoms with E-state index in [0.29, 0.717) is 25.2 Å². The van der Waals surface area contributed by atoms with Gasteiger partial charge >= 0.3 is 0 Å². The number of aromatic nitrogens is 1. The Labute approximate surface area is 171 Å². The van der Waals surface area contributed by atoms with Crippen molar-refractivity contribution in [2.45, 2.75) is 32.6 Å². The Morgan fingerprint density at radius 1 is 1.17 bits per heavy atom. The molecule has 0 atom stereocenters. The first-order valence-electron chi connectivity index (χ1n) is 10.1. The molecule has 0 saturated carbocycles. The maximum absolute atomic E-state index is 12.8. The van der Waals surface area contributed by atoms with Gasteiger partial charge in [0, 0.05) is 31.8 Å². The van der Waals surface area contributed by atoms with Crippen LogP contribution in [0.3, 0.4) is 0 Å². The Balaban J connectivity index is 1.46. The van der Waals surface area contributed by atoms with Gasteiger partial charge in [-0.25, -0.2) is 4.98 Å². The topological polar surface area (TPSA) is 62.3 Å². The van der Waals surface area contributed by atoms with E-state index in [1.54, 1.807) is 12.3 Å². The minimum absolute atomic E-state index is 0.00271. The molecule has 29 heavy (non-hydrogen) atoms. The van der Waals surface area contributed by atoms with Gasteiger partial charge in [-0.2, -0.15) is 0 Å². The molecule has 1 aromatic carbocycles. The molecule has 2 aliphatic rings. The van der Waals surface area contributed by atoms with Crippen molar-refractivity contribution in [2.75, 3.05) is 18.4 Å². The van der Waals surface area contributed by atoms with Crippen molar-refractivity contribution in [3.63, 3.8) is 0 Å². The predicted molar refractivity (Wildman–Crippen MR) is 115 cm³/mol. The summed E-state index contributed by atoms with van der Waals surface area (Å²) in [6.45, 7) is 3.53. The van der Waals surface area contributed by atoms with Crippen molar-refractivity contribution < 1.29 is 9.59 Å². The molecule has 2 amide bonds. The third-order valence-corrected chi connectivity index (χ3v) is 5.52. The number of pyridine rings is 1. The second kappa shape index (κ2) is 8.43. The highest BCUT2D eigenvalue weighted by atomic mass is 16.2. The largest absolute Gasteiger partial charge is 0.335 e. The number of nitrogens with zero attached hydrogens (tertiary/aromatic N) is 2. The molecule has 1 aromatic heterocycles. The van der Waals surface area contributed by atoms with Crippen LogP contribution in [0.5, 0.6) is 0 Å². The van der Waals surface area contributed by atoms with Crippen molar-refractivity contribution in [1.82, 2.24) is 9.88 Å². The second-order valence-electron chi connectivity index (χ2n) is 7.65. The zero-order chi connectivity index (χ0) is 20.2. The first kappa shape index (κ1) is 19.1. The highest BCUT2D eigenvalue weighted by Crippen LogP contribution is 2.27. The first-order chi connectivity index (χ1) is 14.1. The van der Waals surface area contributed by atoms with Crippen LogP contribution in [-0.2, 0) is 16.0 Å². The average molecular weight is 387 g/mol. The number of anilines is 1. The first-order valence-corrected chi connectivity index (χ1v) is 10.1. The third-order valence-electron chi connectivity index (χ3n) is 5.52. The van der Waals surface area contributed by atoms with Gasteiger partial charge < -0.3 is 10.2 Å². The summed E-state index contributed by atoms with van der Waals surface area (Å²) in [5, 5.41) is 2.78. The molecule has 0 spiro atoms. The summed E-state index contributed by atoms with van der Waals surface area (Å²) in [4.78, 5) is 30.5. The lowest BCUT2D eigenvalue weighted by Crippen LogP contribution is -2.31. The van der Waals surface area contributed by atoms with Gasteiger partial charge in [-0.05, 0) is 60.6 Å². The number of hydrogen-bond acceptors (Lipinski definition) is 3. The quantitative estimate of drug-likeness (QED) is 0.808. The van der Waals surface area contributed by atoms with Crippen LogP contribution in [-0.4, -0.2) is 34.8 Å². The molecule has 0 saturated heterocycles. The molecule has 0 aliphatic carbocycles. The highest BCUT2D eigenvalue weighted by Gasteiger charge is 2.19. The second-order valence-corrected chi connectivity index (χ2v) is 7.65. The minimum atomic E-state index is 0.00271. The van der Waals surface area contributed by atoms with E-state index in [0.717, 1.165) is 30.5 Å². The maximum atomic E-state index is 12.8. The summed E-state index contributed by atoms with van der Waals surface area (Å²) >= 11 is 0. The van der Waals surface area contributed by atoms with Crippen molar-refractivity contribution in [3.8, 4) is 0 Å². The number of carbonyl (C=O) groups excluding carboxylic acids is 2. The molecule has 3 heterocycles. The van der Waals surface area contributed by atoms with Crippen LogP contribution in [0.4, 0.5) is 5.82 Å². The molecule has 0 fully saturated rings. The normalized spacial score (nSPS) is 17.1. The molecular formula is C24H25N3O2. The lowest BCUT2D eigenvalue weighted by molar-refractivity contribution is -0.125. The summed E-state index contributed by atoms with van der Waals surface area (Å²) in [7, 11) is 0.